The molecule has 0 aromatic heterocycles. The van der Waals surface area contributed by atoms with E-state index in [1.165, 1.54) is 6.07 Å². The number of hydrogen-bond acceptors (Lipinski definition) is 3. The van der Waals surface area contributed by atoms with Crippen LogP contribution in [0.1, 0.15) is 19.4 Å². The minimum Gasteiger partial charge on any atom is -0.373 e. The first kappa shape index (κ1) is 15.9. The van der Waals surface area contributed by atoms with Crippen molar-refractivity contribution in [2.45, 2.75) is 32.5 Å². The summed E-state index contributed by atoms with van der Waals surface area (Å²) in [4.78, 5) is 14.0. The highest BCUT2D eigenvalue weighted by molar-refractivity contribution is 5.78. The van der Waals surface area contributed by atoms with Crippen LogP contribution in [0.15, 0.2) is 24.3 Å². The van der Waals surface area contributed by atoms with Gasteiger partial charge in [0.15, 0.2) is 0 Å². The number of nitrogens with zero attached hydrogens (tertiary/aromatic N) is 1. The second-order valence-electron chi connectivity index (χ2n) is 5.64. The summed E-state index contributed by atoms with van der Waals surface area (Å²) in [5, 5.41) is 2.85. The van der Waals surface area contributed by atoms with Gasteiger partial charge in [-0.15, -0.1) is 0 Å². The van der Waals surface area contributed by atoms with Gasteiger partial charge >= 0.3 is 0 Å². The monoisotopic (exact) mass is 294 g/mol. The van der Waals surface area contributed by atoms with Crippen LogP contribution in [0.2, 0.25) is 0 Å². The third-order valence-corrected chi connectivity index (χ3v) is 3.54. The maximum atomic E-state index is 13.4. The molecule has 4 nitrogen and oxygen atoms in total. The Hall–Kier alpha value is -1.46. The van der Waals surface area contributed by atoms with Gasteiger partial charge in [-0.25, -0.2) is 4.39 Å². The molecular formula is C16H23FN2O2. The zero-order valence-electron chi connectivity index (χ0n) is 12.6. The molecule has 0 saturated carbocycles. The lowest BCUT2D eigenvalue weighted by atomic mass is 10.1. The standard InChI is InChI=1S/C16H23FN2O2/c1-12-9-19(10-13(2)21-12)11-16(20)18-8-7-14-5-3-4-6-15(14)17/h3-6,12-13H,7-11H2,1-2H3,(H,18,20)/t12-,13-/m1/s1. The number of hydrogen-bond donors (Lipinski definition) is 1. The van der Waals surface area contributed by atoms with E-state index in [0.29, 0.717) is 25.1 Å². The number of carbonyl (C=O) groups excluding carboxylic acids is 1. The quantitative estimate of drug-likeness (QED) is 0.897. The second-order valence-corrected chi connectivity index (χ2v) is 5.64. The molecule has 116 valence electrons. The molecule has 1 heterocycles. The van der Waals surface area contributed by atoms with Gasteiger partial charge in [-0.1, -0.05) is 18.2 Å². The molecule has 0 radical (unpaired) electrons. The van der Waals surface area contributed by atoms with Crippen molar-refractivity contribution in [1.29, 1.82) is 0 Å². The summed E-state index contributed by atoms with van der Waals surface area (Å²) in [7, 11) is 0. The molecular weight excluding hydrogens is 271 g/mol. The van der Waals surface area contributed by atoms with Gasteiger partial charge in [0, 0.05) is 19.6 Å². The number of rotatable bonds is 5. The maximum absolute atomic E-state index is 13.4. The van der Waals surface area contributed by atoms with Crippen molar-refractivity contribution >= 4 is 5.91 Å². The van der Waals surface area contributed by atoms with Crippen molar-refractivity contribution in [3.63, 3.8) is 0 Å². The summed E-state index contributed by atoms with van der Waals surface area (Å²) in [5.74, 6) is -0.241. The lowest BCUT2D eigenvalue weighted by Gasteiger charge is -2.34. The first-order valence-corrected chi connectivity index (χ1v) is 7.42. The van der Waals surface area contributed by atoms with Crippen LogP contribution in [0.5, 0.6) is 0 Å². The van der Waals surface area contributed by atoms with E-state index in [4.69, 9.17) is 4.74 Å². The number of amides is 1. The molecule has 0 aliphatic carbocycles. The van der Waals surface area contributed by atoms with Crippen LogP contribution in [0.4, 0.5) is 4.39 Å². The van der Waals surface area contributed by atoms with Gasteiger partial charge in [-0.2, -0.15) is 0 Å². The second kappa shape index (κ2) is 7.52. The number of benzene rings is 1. The molecule has 1 aliphatic heterocycles. The number of carbonyl (C=O) groups is 1. The first-order chi connectivity index (χ1) is 10.0. The number of morpholine rings is 1. The lowest BCUT2D eigenvalue weighted by Crippen LogP contribution is -2.49. The highest BCUT2D eigenvalue weighted by Gasteiger charge is 2.23. The molecule has 0 bridgehead atoms. The zero-order chi connectivity index (χ0) is 15.2. The highest BCUT2D eigenvalue weighted by Crippen LogP contribution is 2.10. The van der Waals surface area contributed by atoms with Crippen LogP contribution >= 0.6 is 0 Å². The average molecular weight is 294 g/mol. The third kappa shape index (κ3) is 5.10. The number of ether oxygens (including phenoxy) is 1. The Bertz CT molecular complexity index is 471. The zero-order valence-corrected chi connectivity index (χ0v) is 12.6. The van der Waals surface area contributed by atoms with Crippen LogP contribution in [-0.4, -0.2) is 49.2 Å². The van der Waals surface area contributed by atoms with Gasteiger partial charge in [0.2, 0.25) is 5.91 Å². The molecule has 1 aliphatic rings. The van der Waals surface area contributed by atoms with E-state index < -0.39 is 0 Å². The highest BCUT2D eigenvalue weighted by atomic mass is 19.1. The average Bonchev–Trinajstić information content (AvgIpc) is 2.39. The lowest BCUT2D eigenvalue weighted by molar-refractivity contribution is -0.125. The Morgan fingerprint density at radius 2 is 2.00 bits per heavy atom. The smallest absolute Gasteiger partial charge is 0.234 e. The summed E-state index contributed by atoms with van der Waals surface area (Å²) in [6, 6.07) is 6.65. The van der Waals surface area contributed by atoms with Crippen LogP contribution < -0.4 is 5.32 Å². The van der Waals surface area contributed by atoms with Gasteiger partial charge < -0.3 is 10.1 Å². The van der Waals surface area contributed by atoms with Crippen LogP contribution in [0, 0.1) is 5.82 Å². The summed E-state index contributed by atoms with van der Waals surface area (Å²) in [6.07, 6.45) is 0.814. The summed E-state index contributed by atoms with van der Waals surface area (Å²) < 4.78 is 19.1. The summed E-state index contributed by atoms with van der Waals surface area (Å²) in [5.41, 5.74) is 0.631. The fourth-order valence-electron chi connectivity index (χ4n) is 2.71. The molecule has 21 heavy (non-hydrogen) atoms. The van der Waals surface area contributed by atoms with E-state index in [2.05, 4.69) is 10.2 Å². The normalized spacial score (nSPS) is 23.0. The summed E-state index contributed by atoms with van der Waals surface area (Å²) >= 11 is 0. The van der Waals surface area contributed by atoms with Crippen LogP contribution in [-0.2, 0) is 16.0 Å². The van der Waals surface area contributed by atoms with Crippen molar-refractivity contribution in [2.24, 2.45) is 0 Å². The minimum absolute atomic E-state index is 0.0207. The Morgan fingerprint density at radius 1 is 1.33 bits per heavy atom. The first-order valence-electron chi connectivity index (χ1n) is 7.42. The number of nitrogens with one attached hydrogen (secondary N) is 1. The molecule has 1 aromatic rings. The van der Waals surface area contributed by atoms with Gasteiger partial charge in [0.25, 0.3) is 0 Å². The fourth-order valence-corrected chi connectivity index (χ4v) is 2.71. The predicted octanol–water partition coefficient (Wildman–Crippen LogP) is 1.59. The van der Waals surface area contributed by atoms with Crippen LogP contribution in [0.25, 0.3) is 0 Å². The maximum Gasteiger partial charge on any atom is 0.234 e. The van der Waals surface area contributed by atoms with Gasteiger partial charge in [-0.3, -0.25) is 9.69 Å². The number of halogens is 1. The fraction of sp³-hybridized carbons (Fsp3) is 0.562. The van der Waals surface area contributed by atoms with Gasteiger partial charge in [0.1, 0.15) is 5.82 Å². The third-order valence-electron chi connectivity index (χ3n) is 3.54. The molecule has 1 saturated heterocycles. The molecule has 1 N–H and O–H groups in total. The topological polar surface area (TPSA) is 41.6 Å². The Labute approximate surface area is 125 Å². The Kier molecular flexibility index (Phi) is 5.70. The molecule has 5 heteroatoms. The molecule has 2 atom stereocenters. The van der Waals surface area contributed by atoms with Crippen molar-refractivity contribution < 1.29 is 13.9 Å². The van der Waals surface area contributed by atoms with E-state index in [0.717, 1.165) is 13.1 Å². The van der Waals surface area contributed by atoms with Crippen LogP contribution in [0.3, 0.4) is 0 Å². The SMILES string of the molecule is C[C@@H]1CN(CC(=O)NCCc2ccccc2F)C[C@@H](C)O1. The Morgan fingerprint density at radius 3 is 2.67 bits per heavy atom. The van der Waals surface area contributed by atoms with E-state index in [9.17, 15) is 9.18 Å². The van der Waals surface area contributed by atoms with Crippen molar-refractivity contribution in [1.82, 2.24) is 10.2 Å². The largest absolute Gasteiger partial charge is 0.373 e. The summed E-state index contributed by atoms with van der Waals surface area (Å²) in [6.45, 7) is 6.39. The van der Waals surface area contributed by atoms with E-state index in [-0.39, 0.29) is 23.9 Å². The van der Waals surface area contributed by atoms with E-state index >= 15 is 0 Å². The predicted molar refractivity (Wildman–Crippen MR) is 79.6 cm³/mol. The molecule has 2 rings (SSSR count). The van der Waals surface area contributed by atoms with Gasteiger partial charge in [-0.05, 0) is 31.9 Å². The van der Waals surface area contributed by atoms with E-state index in [1.807, 2.05) is 13.8 Å². The van der Waals surface area contributed by atoms with Gasteiger partial charge in [0.05, 0.1) is 18.8 Å². The molecule has 0 spiro atoms. The Balaban J connectivity index is 1.71. The van der Waals surface area contributed by atoms with Crippen molar-refractivity contribution in [3.8, 4) is 0 Å². The molecule has 1 aromatic carbocycles. The molecule has 0 unspecified atom stereocenters. The molecule has 1 fully saturated rings. The van der Waals surface area contributed by atoms with E-state index in [1.54, 1.807) is 18.2 Å². The minimum atomic E-state index is -0.220. The van der Waals surface area contributed by atoms with Crippen molar-refractivity contribution in [2.75, 3.05) is 26.2 Å². The molecule has 1 amide bonds. The van der Waals surface area contributed by atoms with Crippen molar-refractivity contribution in [3.05, 3.63) is 35.6 Å².